The van der Waals surface area contributed by atoms with Crippen LogP contribution in [0.3, 0.4) is 0 Å². The van der Waals surface area contributed by atoms with E-state index in [1.54, 1.807) is 0 Å². The molecule has 4 aliphatic carbocycles. The van der Waals surface area contributed by atoms with Gasteiger partial charge in [0.05, 0.1) is 5.41 Å². The maximum absolute atomic E-state index is 13.6. The van der Waals surface area contributed by atoms with E-state index in [9.17, 15) is 4.79 Å². The molecule has 4 bridgehead atoms. The first kappa shape index (κ1) is 15.7. The lowest BCUT2D eigenvalue weighted by molar-refractivity contribution is -0.150. The first-order chi connectivity index (χ1) is 12.2. The van der Waals surface area contributed by atoms with Crippen LogP contribution in [0.25, 0.3) is 0 Å². The number of fused-ring (bicyclic) bond motifs is 1. The van der Waals surface area contributed by atoms with Crippen LogP contribution < -0.4 is 4.90 Å². The highest BCUT2D eigenvalue weighted by Crippen LogP contribution is 2.58. The van der Waals surface area contributed by atoms with Gasteiger partial charge in [-0.05, 0) is 62.0 Å². The Bertz CT molecular complexity index is 619. The molecule has 1 aromatic rings. The molecule has 4 saturated carbocycles. The first-order valence-corrected chi connectivity index (χ1v) is 10.3. The predicted octanol–water partition coefficient (Wildman–Crippen LogP) is 3.94. The maximum Gasteiger partial charge on any atom is 0.228 e. The number of amides is 1. The molecule has 1 heterocycles. The summed E-state index contributed by atoms with van der Waals surface area (Å²) in [5.74, 6) is 3.03. The Balaban J connectivity index is 1.29. The van der Waals surface area contributed by atoms with Crippen molar-refractivity contribution in [1.29, 1.82) is 0 Å². The zero-order valence-corrected chi connectivity index (χ0v) is 15.2. The van der Waals surface area contributed by atoms with Gasteiger partial charge >= 0.3 is 0 Å². The largest absolute Gasteiger partial charge is 0.368 e. The summed E-state index contributed by atoms with van der Waals surface area (Å²) in [4.78, 5) is 18.2. The average molecular weight is 338 g/mol. The molecule has 1 saturated heterocycles. The van der Waals surface area contributed by atoms with Gasteiger partial charge in [0.25, 0.3) is 0 Å². The number of carbonyl (C=O) groups is 1. The molecule has 3 nitrogen and oxygen atoms in total. The van der Waals surface area contributed by atoms with E-state index in [0.29, 0.717) is 5.91 Å². The number of rotatable bonds is 2. The minimum absolute atomic E-state index is 0.0158. The lowest BCUT2D eigenvalue weighted by Crippen LogP contribution is -2.55. The van der Waals surface area contributed by atoms with Gasteiger partial charge in [-0.15, -0.1) is 0 Å². The zero-order valence-electron chi connectivity index (χ0n) is 15.2. The Morgan fingerprint density at radius 3 is 2.08 bits per heavy atom. The normalized spacial score (nSPS) is 37.2. The molecule has 1 amide bonds. The summed E-state index contributed by atoms with van der Waals surface area (Å²) in [6.07, 6.45) is 9.17. The van der Waals surface area contributed by atoms with Crippen LogP contribution in [0.2, 0.25) is 0 Å². The summed E-state index contributed by atoms with van der Waals surface area (Å²) in [7, 11) is 0. The fraction of sp³-hybridized carbons (Fsp3) is 0.682. The number of benzene rings is 1. The Hall–Kier alpha value is -1.51. The minimum atomic E-state index is 0.0158. The Kier molecular flexibility index (Phi) is 3.79. The van der Waals surface area contributed by atoms with Gasteiger partial charge in [-0.3, -0.25) is 4.79 Å². The Morgan fingerprint density at radius 1 is 0.840 bits per heavy atom. The number of piperazine rings is 1. The molecule has 25 heavy (non-hydrogen) atoms. The van der Waals surface area contributed by atoms with Gasteiger partial charge in [0.15, 0.2) is 0 Å². The second-order valence-electron chi connectivity index (χ2n) is 9.15. The van der Waals surface area contributed by atoms with Crippen molar-refractivity contribution in [2.45, 2.75) is 44.9 Å². The molecule has 0 radical (unpaired) electrons. The molecule has 3 heteroatoms. The Morgan fingerprint density at radius 2 is 1.44 bits per heavy atom. The minimum Gasteiger partial charge on any atom is -0.368 e. The number of hydrogen-bond donors (Lipinski definition) is 0. The number of anilines is 1. The molecule has 5 aliphatic rings. The molecular weight excluding hydrogens is 308 g/mol. The highest BCUT2D eigenvalue weighted by Gasteiger charge is 2.53. The third-order valence-electron chi connectivity index (χ3n) is 7.50. The molecule has 1 aromatic carbocycles. The summed E-state index contributed by atoms with van der Waals surface area (Å²) >= 11 is 0. The van der Waals surface area contributed by atoms with Crippen LogP contribution in [0.1, 0.15) is 44.9 Å². The smallest absolute Gasteiger partial charge is 0.228 e. The molecule has 1 aliphatic heterocycles. The topological polar surface area (TPSA) is 23.6 Å². The molecule has 0 spiro atoms. The highest BCUT2D eigenvalue weighted by atomic mass is 16.2. The van der Waals surface area contributed by atoms with E-state index >= 15 is 0 Å². The second kappa shape index (κ2) is 6.03. The van der Waals surface area contributed by atoms with Crippen LogP contribution in [0, 0.1) is 23.2 Å². The highest BCUT2D eigenvalue weighted by molar-refractivity contribution is 5.83. The SMILES string of the molecule is O=C(N1CCN(c2ccccc2)CC1)C12CC3CCC(CC(C3)C1)C2. The number of hydrogen-bond acceptors (Lipinski definition) is 2. The molecule has 134 valence electrons. The third-order valence-corrected chi connectivity index (χ3v) is 7.50. The first-order valence-electron chi connectivity index (χ1n) is 10.3. The van der Waals surface area contributed by atoms with Crippen molar-refractivity contribution in [2.24, 2.45) is 23.2 Å². The summed E-state index contributed by atoms with van der Waals surface area (Å²) in [5.41, 5.74) is 1.31. The molecule has 0 N–H and O–H groups in total. The summed E-state index contributed by atoms with van der Waals surface area (Å²) in [6.45, 7) is 3.75. The van der Waals surface area contributed by atoms with Gasteiger partial charge in [-0.25, -0.2) is 0 Å². The van der Waals surface area contributed by atoms with E-state index in [1.807, 2.05) is 0 Å². The van der Waals surface area contributed by atoms with Crippen molar-refractivity contribution in [3.8, 4) is 0 Å². The number of para-hydroxylation sites is 1. The van der Waals surface area contributed by atoms with E-state index in [2.05, 4.69) is 40.1 Å². The van der Waals surface area contributed by atoms with Crippen LogP contribution in [-0.4, -0.2) is 37.0 Å². The van der Waals surface area contributed by atoms with E-state index in [0.717, 1.165) is 43.9 Å². The standard InChI is InChI=1S/C22H30N2O/c25-21(22-14-17-6-7-18(15-22)13-19(12-17)16-22)24-10-8-23(9-11-24)20-4-2-1-3-5-20/h1-5,17-19H,6-16H2. The fourth-order valence-corrected chi connectivity index (χ4v) is 6.60. The van der Waals surface area contributed by atoms with Crippen LogP contribution in [0.5, 0.6) is 0 Å². The molecular formula is C22H30N2O. The second-order valence-corrected chi connectivity index (χ2v) is 9.15. The Labute approximate surface area is 151 Å². The third kappa shape index (κ3) is 2.76. The quantitative estimate of drug-likeness (QED) is 0.815. The van der Waals surface area contributed by atoms with Crippen LogP contribution in [0.4, 0.5) is 5.69 Å². The van der Waals surface area contributed by atoms with E-state index < -0.39 is 0 Å². The molecule has 6 rings (SSSR count). The average Bonchev–Trinajstić information content (AvgIpc) is 2.87. The van der Waals surface area contributed by atoms with Gasteiger partial charge in [0.1, 0.15) is 0 Å². The van der Waals surface area contributed by atoms with Crippen molar-refractivity contribution in [2.75, 3.05) is 31.1 Å². The van der Waals surface area contributed by atoms with Gasteiger partial charge in [0.2, 0.25) is 5.91 Å². The maximum atomic E-state index is 13.6. The van der Waals surface area contributed by atoms with E-state index in [4.69, 9.17) is 0 Å². The van der Waals surface area contributed by atoms with Gasteiger partial charge in [-0.2, -0.15) is 0 Å². The summed E-state index contributed by atoms with van der Waals surface area (Å²) in [5, 5.41) is 0. The van der Waals surface area contributed by atoms with Crippen molar-refractivity contribution >= 4 is 11.6 Å². The fourth-order valence-electron chi connectivity index (χ4n) is 6.60. The van der Waals surface area contributed by atoms with E-state index in [-0.39, 0.29) is 5.41 Å². The number of nitrogens with zero attached hydrogens (tertiary/aromatic N) is 2. The number of carbonyl (C=O) groups excluding carboxylic acids is 1. The van der Waals surface area contributed by atoms with Crippen LogP contribution in [-0.2, 0) is 4.79 Å². The van der Waals surface area contributed by atoms with Gasteiger partial charge in [-0.1, -0.05) is 31.0 Å². The zero-order chi connectivity index (χ0) is 16.9. The van der Waals surface area contributed by atoms with Crippen LogP contribution >= 0.6 is 0 Å². The molecule has 5 fully saturated rings. The predicted molar refractivity (Wildman–Crippen MR) is 100 cm³/mol. The molecule has 2 unspecified atom stereocenters. The van der Waals surface area contributed by atoms with Crippen molar-refractivity contribution in [1.82, 2.24) is 4.90 Å². The molecule has 0 aromatic heterocycles. The van der Waals surface area contributed by atoms with Crippen molar-refractivity contribution in [3.63, 3.8) is 0 Å². The van der Waals surface area contributed by atoms with Crippen molar-refractivity contribution in [3.05, 3.63) is 30.3 Å². The molecule has 2 atom stereocenters. The van der Waals surface area contributed by atoms with Crippen molar-refractivity contribution < 1.29 is 4.79 Å². The van der Waals surface area contributed by atoms with Gasteiger partial charge < -0.3 is 9.80 Å². The lowest BCUT2D eigenvalue weighted by Gasteiger charge is -2.50. The summed E-state index contributed by atoms with van der Waals surface area (Å²) < 4.78 is 0. The summed E-state index contributed by atoms with van der Waals surface area (Å²) in [6, 6.07) is 10.6. The lowest BCUT2D eigenvalue weighted by atomic mass is 9.58. The van der Waals surface area contributed by atoms with Gasteiger partial charge in [0, 0.05) is 31.9 Å². The van der Waals surface area contributed by atoms with E-state index in [1.165, 1.54) is 50.6 Å². The van der Waals surface area contributed by atoms with Crippen LogP contribution in [0.15, 0.2) is 30.3 Å². The monoisotopic (exact) mass is 338 g/mol.